The van der Waals surface area contributed by atoms with Crippen molar-refractivity contribution >= 4 is 41.1 Å². The number of ether oxygens (including phenoxy) is 4. The number of methoxy groups -OCH3 is 1. The lowest BCUT2D eigenvalue weighted by Crippen LogP contribution is -2.45. The van der Waals surface area contributed by atoms with E-state index in [1.807, 2.05) is 0 Å². The fourth-order valence-corrected chi connectivity index (χ4v) is 4.64. The number of thiocarbonyl (C=S) groups is 1. The van der Waals surface area contributed by atoms with E-state index in [-0.39, 0.29) is 25.5 Å². The number of non-ortho nitro benzene ring substituents is 1. The van der Waals surface area contributed by atoms with Crippen molar-refractivity contribution in [2.45, 2.75) is 26.5 Å². The number of allylic oxidation sites excluding steroid dienone is 1. The molecule has 0 unspecified atom stereocenters. The van der Waals surface area contributed by atoms with E-state index in [0.717, 1.165) is 5.56 Å². The highest BCUT2D eigenvalue weighted by atomic mass is 32.1. The van der Waals surface area contributed by atoms with E-state index in [1.165, 1.54) is 25.5 Å². The van der Waals surface area contributed by atoms with Crippen molar-refractivity contribution in [1.29, 1.82) is 0 Å². The normalized spacial score (nSPS) is 14.3. The second-order valence-electron chi connectivity index (χ2n) is 9.53. The third kappa shape index (κ3) is 8.54. The van der Waals surface area contributed by atoms with Gasteiger partial charge in [-0.25, -0.2) is 10.2 Å². The molecular formula is C31H31N5O8S. The average Bonchev–Trinajstić information content (AvgIpc) is 3.03. The second kappa shape index (κ2) is 15.3. The molecule has 45 heavy (non-hydrogen) atoms. The zero-order valence-corrected chi connectivity index (χ0v) is 25.5. The third-order valence-corrected chi connectivity index (χ3v) is 6.71. The number of benzene rings is 3. The molecule has 0 aromatic heterocycles. The lowest BCUT2D eigenvalue weighted by atomic mass is 9.95. The number of carbonyl (C=O) groups is 2. The summed E-state index contributed by atoms with van der Waals surface area (Å²) in [5, 5.41) is 21.2. The maximum atomic E-state index is 12.7. The number of hydrazone groups is 1. The molecule has 13 nitrogen and oxygen atoms in total. The van der Waals surface area contributed by atoms with Gasteiger partial charge in [-0.2, -0.15) is 5.10 Å². The Hall–Kier alpha value is -5.50. The molecule has 0 radical (unpaired) electrons. The van der Waals surface area contributed by atoms with Gasteiger partial charge >= 0.3 is 5.97 Å². The van der Waals surface area contributed by atoms with Gasteiger partial charge in [-0.3, -0.25) is 14.9 Å². The molecule has 0 saturated carbocycles. The van der Waals surface area contributed by atoms with Gasteiger partial charge in [0.25, 0.3) is 11.6 Å². The van der Waals surface area contributed by atoms with Gasteiger partial charge in [-0.05, 0) is 73.6 Å². The first kappa shape index (κ1) is 32.4. The minimum absolute atomic E-state index is 0.000190. The Morgan fingerprint density at radius 3 is 2.53 bits per heavy atom. The van der Waals surface area contributed by atoms with Crippen LogP contribution in [-0.2, 0) is 20.9 Å². The van der Waals surface area contributed by atoms with Crippen LogP contribution in [0.1, 0.15) is 36.6 Å². The Morgan fingerprint density at radius 2 is 1.82 bits per heavy atom. The molecule has 4 rings (SSSR count). The van der Waals surface area contributed by atoms with E-state index in [9.17, 15) is 19.7 Å². The van der Waals surface area contributed by atoms with E-state index in [0.29, 0.717) is 44.8 Å². The summed E-state index contributed by atoms with van der Waals surface area (Å²) in [4.78, 5) is 35.7. The lowest BCUT2D eigenvalue weighted by molar-refractivity contribution is -0.384. The SMILES string of the molecule is CCOC(=O)C1=C(C)NC(=S)N[C@@H]1c1ccccc1OCC(=O)NN=Cc1ccc(OCc2ccc([N+](=O)[O-])cc2)c(OC)c1. The number of rotatable bonds is 13. The molecule has 0 aliphatic carbocycles. The Bertz CT molecular complexity index is 1640. The number of nitrogens with one attached hydrogen (secondary N) is 3. The molecular weight excluding hydrogens is 602 g/mol. The third-order valence-electron chi connectivity index (χ3n) is 6.49. The number of nitrogens with zero attached hydrogens (tertiary/aromatic N) is 2. The molecule has 1 amide bonds. The molecule has 1 aliphatic rings. The highest BCUT2D eigenvalue weighted by Gasteiger charge is 2.32. The summed E-state index contributed by atoms with van der Waals surface area (Å²) in [5.74, 6) is 0.267. The maximum Gasteiger partial charge on any atom is 0.338 e. The Balaban J connectivity index is 1.35. The van der Waals surface area contributed by atoms with Crippen LogP contribution in [0.4, 0.5) is 5.69 Å². The van der Waals surface area contributed by atoms with Gasteiger partial charge in [0.2, 0.25) is 0 Å². The molecule has 3 aromatic rings. The maximum absolute atomic E-state index is 12.7. The van der Waals surface area contributed by atoms with E-state index < -0.39 is 22.8 Å². The van der Waals surface area contributed by atoms with Gasteiger partial charge < -0.3 is 29.6 Å². The molecule has 14 heteroatoms. The summed E-state index contributed by atoms with van der Waals surface area (Å²) in [6.07, 6.45) is 1.44. The highest BCUT2D eigenvalue weighted by molar-refractivity contribution is 7.80. The number of para-hydroxylation sites is 1. The van der Waals surface area contributed by atoms with Gasteiger partial charge in [0.15, 0.2) is 23.2 Å². The van der Waals surface area contributed by atoms with E-state index in [4.69, 9.17) is 31.2 Å². The molecule has 1 heterocycles. The largest absolute Gasteiger partial charge is 0.493 e. The van der Waals surface area contributed by atoms with Crippen LogP contribution in [0.3, 0.4) is 0 Å². The van der Waals surface area contributed by atoms with Crippen molar-refractivity contribution in [2.75, 3.05) is 20.3 Å². The molecule has 1 aliphatic heterocycles. The first-order chi connectivity index (χ1) is 21.7. The molecule has 1 atom stereocenters. The standard InChI is InChI=1S/C31H31N5O8S/c1-4-42-30(38)28-19(2)33-31(45)34-29(28)23-7-5-6-8-24(23)44-18-27(37)35-32-16-21-11-14-25(26(15-21)41-3)43-17-20-9-12-22(13-10-20)36(39)40/h5-16,29H,4,17-18H2,1-3H3,(H,35,37)(H2,33,34,45)/t29-/m1/s1. The van der Waals surface area contributed by atoms with Crippen LogP contribution in [0.25, 0.3) is 0 Å². The van der Waals surface area contributed by atoms with E-state index >= 15 is 0 Å². The average molecular weight is 634 g/mol. The molecule has 0 spiro atoms. The van der Waals surface area contributed by atoms with Gasteiger partial charge in [0.1, 0.15) is 12.4 Å². The summed E-state index contributed by atoms with van der Waals surface area (Å²) in [6, 6.07) is 17.5. The van der Waals surface area contributed by atoms with Crippen LogP contribution in [-0.4, -0.2) is 48.5 Å². The van der Waals surface area contributed by atoms with E-state index in [2.05, 4.69) is 21.2 Å². The first-order valence-corrected chi connectivity index (χ1v) is 14.1. The predicted molar refractivity (Wildman–Crippen MR) is 169 cm³/mol. The zero-order valence-electron chi connectivity index (χ0n) is 24.7. The number of esters is 1. The van der Waals surface area contributed by atoms with Crippen LogP contribution in [0.2, 0.25) is 0 Å². The fraction of sp³-hybridized carbons (Fsp3) is 0.226. The topological polar surface area (TPSA) is 163 Å². The molecule has 234 valence electrons. The van der Waals surface area contributed by atoms with Crippen molar-refractivity contribution in [3.8, 4) is 17.2 Å². The van der Waals surface area contributed by atoms with Crippen LogP contribution in [0.15, 0.2) is 83.1 Å². The van der Waals surface area contributed by atoms with Crippen molar-refractivity contribution in [1.82, 2.24) is 16.1 Å². The lowest BCUT2D eigenvalue weighted by Gasteiger charge is -2.30. The second-order valence-corrected chi connectivity index (χ2v) is 9.94. The van der Waals surface area contributed by atoms with Crippen LogP contribution < -0.4 is 30.3 Å². The molecule has 0 saturated heterocycles. The minimum Gasteiger partial charge on any atom is -0.493 e. The van der Waals surface area contributed by atoms with Crippen LogP contribution in [0, 0.1) is 10.1 Å². The van der Waals surface area contributed by atoms with E-state index in [1.54, 1.807) is 68.4 Å². The summed E-state index contributed by atoms with van der Waals surface area (Å²) >= 11 is 5.31. The first-order valence-electron chi connectivity index (χ1n) is 13.7. The van der Waals surface area contributed by atoms with Crippen molar-refractivity contribution in [3.63, 3.8) is 0 Å². The fourth-order valence-electron chi connectivity index (χ4n) is 4.37. The smallest absolute Gasteiger partial charge is 0.338 e. The Labute approximate surface area is 264 Å². The quantitative estimate of drug-likeness (QED) is 0.0818. The van der Waals surface area contributed by atoms with Crippen molar-refractivity contribution in [3.05, 3.63) is 105 Å². The summed E-state index contributed by atoms with van der Waals surface area (Å²) in [7, 11) is 1.49. The number of hydrogen-bond donors (Lipinski definition) is 3. The number of nitro benzene ring substituents is 1. The van der Waals surface area contributed by atoms with Gasteiger partial charge in [-0.1, -0.05) is 18.2 Å². The number of carbonyl (C=O) groups excluding carboxylic acids is 2. The van der Waals surface area contributed by atoms with Gasteiger partial charge in [-0.15, -0.1) is 0 Å². The van der Waals surface area contributed by atoms with Gasteiger partial charge in [0, 0.05) is 23.4 Å². The number of nitro groups is 1. The summed E-state index contributed by atoms with van der Waals surface area (Å²) < 4.78 is 22.3. The Kier molecular flexibility index (Phi) is 11.0. The molecule has 0 bridgehead atoms. The van der Waals surface area contributed by atoms with Crippen LogP contribution in [0.5, 0.6) is 17.2 Å². The predicted octanol–water partition coefficient (Wildman–Crippen LogP) is 4.07. The molecule has 3 aromatic carbocycles. The summed E-state index contributed by atoms with van der Waals surface area (Å²) in [5.41, 5.74) is 5.32. The Morgan fingerprint density at radius 1 is 1.07 bits per heavy atom. The number of hydrogen-bond acceptors (Lipinski definition) is 10. The highest BCUT2D eigenvalue weighted by Crippen LogP contribution is 2.33. The minimum atomic E-state index is -0.647. The summed E-state index contributed by atoms with van der Waals surface area (Å²) in [6.45, 7) is 3.50. The van der Waals surface area contributed by atoms with Gasteiger partial charge in [0.05, 0.1) is 36.5 Å². The van der Waals surface area contributed by atoms with Crippen molar-refractivity contribution in [2.24, 2.45) is 5.10 Å². The number of amides is 1. The molecule has 0 fully saturated rings. The monoisotopic (exact) mass is 633 g/mol. The zero-order chi connectivity index (χ0) is 32.3. The molecule has 3 N–H and O–H groups in total. The van der Waals surface area contributed by atoms with Crippen molar-refractivity contribution < 1.29 is 33.5 Å². The van der Waals surface area contributed by atoms with Crippen LogP contribution >= 0.6 is 12.2 Å².